The van der Waals surface area contributed by atoms with Crippen LogP contribution in [0.3, 0.4) is 0 Å². The third-order valence-corrected chi connectivity index (χ3v) is 18.6. The van der Waals surface area contributed by atoms with Crippen LogP contribution in [0.5, 0.6) is 0 Å². The topological polar surface area (TPSA) is 108 Å². The van der Waals surface area contributed by atoms with Crippen molar-refractivity contribution in [1.82, 2.24) is 0 Å². The second-order valence-electron chi connectivity index (χ2n) is 28.7. The molecule has 2 atom stereocenters. The molecule has 0 fully saturated rings. The lowest BCUT2D eigenvalue weighted by Crippen LogP contribution is -2.37. The number of carbonyl (C=O) groups excluding carboxylic acids is 2. The molecule has 0 saturated carbocycles. The zero-order chi connectivity index (χ0) is 75.4. The van der Waals surface area contributed by atoms with Gasteiger partial charge in [0.25, 0.3) is 0 Å². The van der Waals surface area contributed by atoms with Crippen molar-refractivity contribution in [2.75, 3.05) is 47.5 Å². The van der Waals surface area contributed by atoms with Gasteiger partial charge < -0.3 is 18.9 Å². The van der Waals surface area contributed by atoms with Gasteiger partial charge in [0.2, 0.25) is 0 Å². The Balaban J connectivity index is 4.01. The lowest BCUT2D eigenvalue weighted by molar-refractivity contribution is -0.870. The number of hydrogen-bond acceptors (Lipinski definition) is 7. The number of esters is 2. The Hall–Kier alpha value is -5.15. The Morgan fingerprint density at radius 2 is 0.519 bits per heavy atom. The Bertz CT molecular complexity index is 2470. The fourth-order valence-corrected chi connectivity index (χ4v) is 12.0. The van der Waals surface area contributed by atoms with E-state index >= 15 is 0 Å². The average molecular weight is 1460 g/mol. The lowest BCUT2D eigenvalue weighted by atomic mass is 10.0. The van der Waals surface area contributed by atoms with E-state index in [1.54, 1.807) is 0 Å². The molecule has 0 aromatic carbocycles. The van der Waals surface area contributed by atoms with Crippen molar-refractivity contribution in [3.63, 3.8) is 0 Å². The minimum Gasteiger partial charge on any atom is -0.462 e. The molecule has 9 nitrogen and oxygen atoms in total. The third-order valence-electron chi connectivity index (χ3n) is 17.6. The van der Waals surface area contributed by atoms with Crippen LogP contribution in [0.15, 0.2) is 194 Å². The van der Waals surface area contributed by atoms with Gasteiger partial charge in [0.1, 0.15) is 19.8 Å². The van der Waals surface area contributed by atoms with Crippen LogP contribution in [0, 0.1) is 0 Å². The SMILES string of the molecule is CC/C=C\C/C=C\C/C=C\C/C=C\C/C=C\C/C=C\C/C=C\C/C=C\C/C=C\C/C=C\CCCCCCCCCCCCC(=O)OC(COC(=O)CCCCCCCCCCCCCCCCCCCCCC/C=C\C/C=C\C/C=C\C/C=C\C/C=C\C/C=C\CC)COP(=O)(O)OCC[N+](C)(C)C. The molecule has 0 aromatic rings. The minimum atomic E-state index is -4.41. The summed E-state index contributed by atoms with van der Waals surface area (Å²) in [5.74, 6) is -0.801. The fraction of sp³-hybridized carbons (Fsp3) is 0.638. The summed E-state index contributed by atoms with van der Waals surface area (Å²) >= 11 is 0. The highest BCUT2D eigenvalue weighted by Gasteiger charge is 2.27. The zero-order valence-electron chi connectivity index (χ0n) is 67.4. The number of unbranched alkanes of at least 4 members (excludes halogenated alkanes) is 30. The Labute approximate surface area is 641 Å². The van der Waals surface area contributed by atoms with E-state index in [0.29, 0.717) is 17.4 Å². The summed E-state index contributed by atoms with van der Waals surface area (Å²) in [5, 5.41) is 0. The summed E-state index contributed by atoms with van der Waals surface area (Å²) in [4.78, 5) is 36.0. The highest BCUT2D eigenvalue weighted by Crippen LogP contribution is 2.43. The van der Waals surface area contributed by atoms with Crippen molar-refractivity contribution in [2.45, 2.75) is 341 Å². The zero-order valence-corrected chi connectivity index (χ0v) is 68.3. The van der Waals surface area contributed by atoms with Crippen LogP contribution in [0.2, 0.25) is 0 Å². The van der Waals surface area contributed by atoms with E-state index in [1.165, 1.54) is 154 Å². The van der Waals surface area contributed by atoms with Crippen LogP contribution in [0.1, 0.15) is 335 Å². The van der Waals surface area contributed by atoms with Crippen molar-refractivity contribution in [3.8, 4) is 0 Å². The Morgan fingerprint density at radius 3 is 0.769 bits per heavy atom. The van der Waals surface area contributed by atoms with Crippen molar-refractivity contribution in [1.29, 1.82) is 0 Å². The first kappa shape index (κ1) is 98.8. The van der Waals surface area contributed by atoms with Crippen LogP contribution >= 0.6 is 7.82 Å². The number of ether oxygens (including phenoxy) is 2. The highest BCUT2D eigenvalue weighted by molar-refractivity contribution is 7.47. The number of allylic oxidation sites excluding steroid dienone is 32. The third kappa shape index (κ3) is 85.8. The molecule has 0 aliphatic carbocycles. The summed E-state index contributed by atoms with van der Waals surface area (Å²) < 4.78 is 34.8. The first-order valence-electron chi connectivity index (χ1n) is 42.2. The van der Waals surface area contributed by atoms with Gasteiger partial charge in [0.05, 0.1) is 27.7 Å². The molecule has 0 aliphatic rings. The molecule has 0 aromatic heterocycles. The smallest absolute Gasteiger partial charge is 0.462 e. The van der Waals surface area contributed by atoms with Gasteiger partial charge in [-0.3, -0.25) is 18.6 Å². The molecule has 0 saturated heterocycles. The first-order chi connectivity index (χ1) is 51.0. The predicted molar refractivity (Wildman–Crippen MR) is 454 cm³/mol. The van der Waals surface area contributed by atoms with Crippen LogP contribution in [0.4, 0.5) is 0 Å². The van der Waals surface area contributed by atoms with Crippen molar-refractivity contribution in [2.24, 2.45) is 0 Å². The quantitative estimate of drug-likeness (QED) is 0.0211. The van der Waals surface area contributed by atoms with E-state index in [2.05, 4.69) is 208 Å². The van der Waals surface area contributed by atoms with Crippen LogP contribution in [0.25, 0.3) is 0 Å². The summed E-state index contributed by atoms with van der Waals surface area (Å²) in [6.07, 6.45) is 127. The number of rotatable bonds is 76. The van der Waals surface area contributed by atoms with E-state index in [1.807, 2.05) is 21.1 Å². The minimum absolute atomic E-state index is 0.0241. The molecule has 2 unspecified atom stereocenters. The summed E-state index contributed by atoms with van der Waals surface area (Å²) in [6, 6.07) is 0. The van der Waals surface area contributed by atoms with E-state index < -0.39 is 26.5 Å². The average Bonchev–Trinajstić information content (AvgIpc) is 0.920. The summed E-state index contributed by atoms with van der Waals surface area (Å²) in [5.41, 5.74) is 0. The molecule has 0 spiro atoms. The van der Waals surface area contributed by atoms with Gasteiger partial charge in [-0.15, -0.1) is 0 Å². The van der Waals surface area contributed by atoms with E-state index in [4.69, 9.17) is 18.5 Å². The normalized spacial score (nSPS) is 14.0. The molecular formula is C94H157NO8P+. The second kappa shape index (κ2) is 81.9. The monoisotopic (exact) mass is 1460 g/mol. The maximum Gasteiger partial charge on any atom is 0.472 e. The molecule has 10 heteroatoms. The number of carbonyl (C=O) groups is 2. The molecular weight excluding hydrogens is 1300 g/mol. The molecule has 0 radical (unpaired) electrons. The number of likely N-dealkylation sites (N-methyl/N-ethyl adjacent to an activating group) is 1. The highest BCUT2D eigenvalue weighted by atomic mass is 31.2. The maximum atomic E-state index is 12.9. The van der Waals surface area contributed by atoms with E-state index in [0.717, 1.165) is 148 Å². The second-order valence-corrected chi connectivity index (χ2v) is 30.2. The van der Waals surface area contributed by atoms with Gasteiger partial charge >= 0.3 is 19.8 Å². The van der Waals surface area contributed by atoms with Gasteiger partial charge in [-0.05, 0) is 141 Å². The van der Waals surface area contributed by atoms with Gasteiger partial charge in [0, 0.05) is 12.8 Å². The maximum absolute atomic E-state index is 12.9. The summed E-state index contributed by atoms with van der Waals surface area (Å²) in [6.45, 7) is 4.21. The largest absolute Gasteiger partial charge is 0.472 e. The van der Waals surface area contributed by atoms with E-state index in [-0.39, 0.29) is 32.0 Å². The number of phosphoric ester groups is 1. The van der Waals surface area contributed by atoms with E-state index in [9.17, 15) is 19.0 Å². The fourth-order valence-electron chi connectivity index (χ4n) is 11.3. The first-order valence-corrected chi connectivity index (χ1v) is 43.7. The van der Waals surface area contributed by atoms with Crippen LogP contribution < -0.4 is 0 Å². The molecule has 0 amide bonds. The number of hydrogen-bond donors (Lipinski definition) is 1. The van der Waals surface area contributed by atoms with Crippen LogP contribution in [-0.2, 0) is 32.7 Å². The number of phosphoric acid groups is 1. The Morgan fingerprint density at radius 1 is 0.298 bits per heavy atom. The molecule has 1 N–H and O–H groups in total. The molecule has 0 rings (SSSR count). The standard InChI is InChI=1S/C94H156NO8P/c1-6-8-10-12-14-16-18-20-22-24-26-28-30-32-34-36-38-40-42-44-46-47-49-51-53-55-57-59-61-63-65-67-69-71-73-75-77-79-81-83-85-87-94(97)103-92(91-102-104(98,99)101-89-88-95(3,4)5)90-100-93(96)86-84-82-80-78-76-74-72-70-68-66-64-62-60-58-56-54-52-50-48-45-43-41-39-37-35-33-31-29-27-25-23-21-19-17-15-13-11-9-7-2/h8-11,14-17,20-23,26-29,32-35,38-41,44,46,49,51,55,57,61,63,92H,6-7,12-13,18-19,24-25,30-31,36-37,42-43,45,47-48,50,52-54,56,58-60,62,64-91H2,1-5H3/p+1/b10-8-,11-9-,16-14-,17-15-,22-20-,23-21-,28-26-,29-27-,34-32-,35-33-,40-38-,41-39-,46-44-,51-49-,57-55-,63-61-. The van der Waals surface area contributed by atoms with Crippen molar-refractivity contribution >= 4 is 19.8 Å². The lowest BCUT2D eigenvalue weighted by Gasteiger charge is -2.24. The number of quaternary nitrogens is 1. The molecule has 104 heavy (non-hydrogen) atoms. The Kier molecular flexibility index (Phi) is 77.9. The van der Waals surface area contributed by atoms with Gasteiger partial charge in [-0.25, -0.2) is 4.57 Å². The molecule has 590 valence electrons. The van der Waals surface area contributed by atoms with Crippen LogP contribution in [-0.4, -0.2) is 74.9 Å². The van der Waals surface area contributed by atoms with Crippen molar-refractivity contribution in [3.05, 3.63) is 194 Å². The molecule has 0 bridgehead atoms. The van der Waals surface area contributed by atoms with Gasteiger partial charge in [-0.2, -0.15) is 0 Å². The predicted octanol–water partition coefficient (Wildman–Crippen LogP) is 28.7. The summed E-state index contributed by atoms with van der Waals surface area (Å²) in [7, 11) is 1.47. The van der Waals surface area contributed by atoms with Gasteiger partial charge in [-0.1, -0.05) is 375 Å². The number of nitrogens with zero attached hydrogens (tertiary/aromatic N) is 1. The van der Waals surface area contributed by atoms with Gasteiger partial charge in [0.15, 0.2) is 6.10 Å². The molecule has 0 heterocycles. The van der Waals surface area contributed by atoms with Crippen molar-refractivity contribution < 1.29 is 42.1 Å². The molecule has 0 aliphatic heterocycles.